The van der Waals surface area contributed by atoms with Gasteiger partial charge < -0.3 is 19.4 Å². The van der Waals surface area contributed by atoms with E-state index in [0.717, 1.165) is 24.8 Å². The van der Waals surface area contributed by atoms with Gasteiger partial charge in [0, 0.05) is 11.8 Å². The molecule has 0 aromatic heterocycles. The maximum atomic E-state index is 13.2. The molecule has 184 valence electrons. The number of carbonyl (C=O) groups excluding carboxylic acids is 3. The van der Waals surface area contributed by atoms with Gasteiger partial charge in [0.1, 0.15) is 5.60 Å². The first-order valence-corrected chi connectivity index (χ1v) is 12.3. The first-order chi connectivity index (χ1) is 15.2. The van der Waals surface area contributed by atoms with Crippen LogP contribution in [0.2, 0.25) is 0 Å². The second-order valence-corrected chi connectivity index (χ2v) is 12.5. The third-order valence-electron chi connectivity index (χ3n) is 9.48. The van der Waals surface area contributed by atoms with E-state index >= 15 is 0 Å². The van der Waals surface area contributed by atoms with E-state index in [2.05, 4.69) is 6.92 Å². The molecule has 4 rings (SSSR count). The van der Waals surface area contributed by atoms with Gasteiger partial charge in [0.15, 0.2) is 18.9 Å². The molecule has 4 aliphatic rings. The number of aliphatic hydroxyl groups excluding tert-OH is 1. The van der Waals surface area contributed by atoms with Gasteiger partial charge in [-0.05, 0) is 67.8 Å². The lowest BCUT2D eigenvalue weighted by Crippen LogP contribution is -2.62. The minimum absolute atomic E-state index is 0.0310. The number of esters is 1. The van der Waals surface area contributed by atoms with Gasteiger partial charge >= 0.3 is 5.97 Å². The highest BCUT2D eigenvalue weighted by Crippen LogP contribution is 2.67. The fourth-order valence-electron chi connectivity index (χ4n) is 7.85. The van der Waals surface area contributed by atoms with Crippen molar-refractivity contribution in [2.45, 2.75) is 70.5 Å². The number of hydrogen-bond acceptors (Lipinski definition) is 6. The van der Waals surface area contributed by atoms with Gasteiger partial charge in [-0.2, -0.15) is 0 Å². The summed E-state index contributed by atoms with van der Waals surface area (Å²) in [5.41, 5.74) is -1.42. The zero-order chi connectivity index (χ0) is 24.4. The zero-order valence-corrected chi connectivity index (χ0v) is 20.7. The number of carbonyl (C=O) groups is 3. The highest BCUT2D eigenvalue weighted by Gasteiger charge is 2.68. The minimum atomic E-state index is -1.61. The van der Waals surface area contributed by atoms with Crippen LogP contribution in [0.1, 0.15) is 58.8 Å². The lowest BCUT2D eigenvalue weighted by atomic mass is 9.45. The van der Waals surface area contributed by atoms with E-state index in [9.17, 15) is 24.6 Å². The van der Waals surface area contributed by atoms with E-state index in [4.69, 9.17) is 4.74 Å². The van der Waals surface area contributed by atoms with Gasteiger partial charge in [0.2, 0.25) is 5.78 Å². The molecule has 2 N–H and O–H groups in total. The largest absolute Gasteiger partial charge is 0.453 e. The zero-order valence-electron chi connectivity index (χ0n) is 20.7. The quantitative estimate of drug-likeness (QED) is 0.479. The molecule has 0 aromatic rings. The van der Waals surface area contributed by atoms with Crippen molar-refractivity contribution in [3.63, 3.8) is 0 Å². The number of likely N-dealkylation sites (N-methyl/N-ethyl adjacent to an activating group) is 1. The van der Waals surface area contributed by atoms with Crippen LogP contribution in [0.4, 0.5) is 0 Å². The summed E-state index contributed by atoms with van der Waals surface area (Å²) in [6.45, 7) is 3.83. The molecule has 0 aromatic carbocycles. The van der Waals surface area contributed by atoms with Crippen molar-refractivity contribution in [3.05, 3.63) is 11.6 Å². The molecule has 0 radical (unpaired) electrons. The lowest BCUT2D eigenvalue weighted by Gasteiger charge is -2.60. The van der Waals surface area contributed by atoms with Crippen LogP contribution in [0.5, 0.6) is 0 Å². The number of fused-ring (bicyclic) bond motifs is 5. The van der Waals surface area contributed by atoms with Gasteiger partial charge in [-0.1, -0.05) is 19.4 Å². The summed E-state index contributed by atoms with van der Waals surface area (Å²) in [7, 11) is 5.60. The van der Waals surface area contributed by atoms with E-state index in [1.54, 1.807) is 6.08 Å². The van der Waals surface area contributed by atoms with Crippen molar-refractivity contribution < 1.29 is 33.8 Å². The van der Waals surface area contributed by atoms with Crippen LogP contribution in [0, 0.1) is 28.6 Å². The van der Waals surface area contributed by atoms with Gasteiger partial charge in [-0.25, -0.2) is 4.79 Å². The molecule has 4 aliphatic carbocycles. The maximum Gasteiger partial charge on any atom is 0.362 e. The second kappa shape index (κ2) is 7.99. The fourth-order valence-corrected chi connectivity index (χ4v) is 7.85. The van der Waals surface area contributed by atoms with Crippen LogP contribution >= 0.6 is 0 Å². The van der Waals surface area contributed by atoms with Crippen LogP contribution in [-0.4, -0.2) is 78.2 Å². The molecule has 0 bridgehead atoms. The number of ketones is 2. The van der Waals surface area contributed by atoms with E-state index in [0.29, 0.717) is 30.2 Å². The Balaban J connectivity index is 1.55. The van der Waals surface area contributed by atoms with Crippen molar-refractivity contribution in [2.24, 2.45) is 28.6 Å². The number of hydrogen-bond donors (Lipinski definition) is 2. The van der Waals surface area contributed by atoms with E-state index in [-0.39, 0.29) is 35.5 Å². The first-order valence-electron chi connectivity index (χ1n) is 12.3. The van der Waals surface area contributed by atoms with Crippen molar-refractivity contribution >= 4 is 17.5 Å². The van der Waals surface area contributed by atoms with Crippen LogP contribution < -0.4 is 0 Å². The van der Waals surface area contributed by atoms with E-state index in [1.165, 1.54) is 0 Å². The molecular formula is C26H40NO6+. The van der Waals surface area contributed by atoms with Crippen molar-refractivity contribution in [2.75, 3.05) is 34.3 Å². The SMILES string of the molecule is CC12CCC(=O)C=C1CCC1C2C(O)CC2(C)C1CCC2(O)C(=O)COC(=O)C[N+](C)(C)C. The first kappa shape index (κ1) is 24.6. The summed E-state index contributed by atoms with van der Waals surface area (Å²) >= 11 is 0. The molecule has 0 aliphatic heterocycles. The van der Waals surface area contributed by atoms with E-state index < -0.39 is 35.5 Å². The number of Topliss-reactive ketones (excluding diaryl/α,β-unsaturated/α-hetero) is 1. The summed E-state index contributed by atoms with van der Waals surface area (Å²) in [5.74, 6) is -0.414. The van der Waals surface area contributed by atoms with E-state index in [1.807, 2.05) is 28.1 Å². The summed E-state index contributed by atoms with van der Waals surface area (Å²) in [5, 5.41) is 23.1. The Hall–Kier alpha value is -1.57. The molecular weight excluding hydrogens is 422 g/mol. The van der Waals surface area contributed by atoms with Crippen molar-refractivity contribution in [1.82, 2.24) is 0 Å². The van der Waals surface area contributed by atoms with Crippen LogP contribution in [0.3, 0.4) is 0 Å². The predicted molar refractivity (Wildman–Crippen MR) is 122 cm³/mol. The number of rotatable bonds is 5. The van der Waals surface area contributed by atoms with Gasteiger partial charge in [-0.3, -0.25) is 9.59 Å². The molecule has 0 saturated heterocycles. The number of nitrogens with zero attached hydrogens (tertiary/aromatic N) is 1. The average molecular weight is 463 g/mol. The Kier molecular flexibility index (Phi) is 5.95. The Morgan fingerprint density at radius 2 is 1.85 bits per heavy atom. The third-order valence-corrected chi connectivity index (χ3v) is 9.48. The van der Waals surface area contributed by atoms with Gasteiger partial charge in [-0.15, -0.1) is 0 Å². The number of quaternary nitrogens is 1. The summed E-state index contributed by atoms with van der Waals surface area (Å²) in [4.78, 5) is 37.4. The Morgan fingerprint density at radius 3 is 2.52 bits per heavy atom. The molecule has 7 atom stereocenters. The predicted octanol–water partition coefficient (Wildman–Crippen LogP) is 2.04. The van der Waals surface area contributed by atoms with Crippen LogP contribution in [-0.2, 0) is 19.1 Å². The molecule has 0 amide bonds. The standard InChI is InChI=1S/C26H40NO6/c1-24-10-8-17(28)12-16(24)6-7-18-19-9-11-26(32,25(19,2)13-20(29)23(18)24)21(30)15-33-22(31)14-27(3,4)5/h12,18-20,23,29,32H,6-11,13-15H2,1-5H3/q+1. The highest BCUT2D eigenvalue weighted by atomic mass is 16.5. The van der Waals surface area contributed by atoms with Gasteiger partial charge in [0.25, 0.3) is 0 Å². The molecule has 7 heteroatoms. The second-order valence-electron chi connectivity index (χ2n) is 12.5. The fraction of sp³-hybridized carbons (Fsp3) is 0.808. The van der Waals surface area contributed by atoms with Crippen molar-refractivity contribution in [3.8, 4) is 0 Å². The van der Waals surface area contributed by atoms with Gasteiger partial charge in [0.05, 0.1) is 27.2 Å². The average Bonchev–Trinajstić information content (AvgIpc) is 2.96. The number of ether oxygens (including phenoxy) is 1. The molecule has 3 fully saturated rings. The van der Waals surface area contributed by atoms with Crippen LogP contribution in [0.15, 0.2) is 11.6 Å². The normalized spacial score (nSPS) is 42.6. The van der Waals surface area contributed by atoms with Crippen molar-refractivity contribution in [1.29, 1.82) is 0 Å². The van der Waals surface area contributed by atoms with Crippen LogP contribution in [0.25, 0.3) is 0 Å². The molecule has 0 heterocycles. The molecule has 0 spiro atoms. The number of allylic oxidation sites excluding steroid dienone is 1. The minimum Gasteiger partial charge on any atom is -0.453 e. The topological polar surface area (TPSA) is 101 Å². The summed E-state index contributed by atoms with van der Waals surface area (Å²) < 4.78 is 5.64. The summed E-state index contributed by atoms with van der Waals surface area (Å²) in [6, 6.07) is 0. The summed E-state index contributed by atoms with van der Waals surface area (Å²) in [6.07, 6.45) is 5.49. The smallest absolute Gasteiger partial charge is 0.362 e. The lowest BCUT2D eigenvalue weighted by molar-refractivity contribution is -0.862. The molecule has 33 heavy (non-hydrogen) atoms. The Bertz CT molecular complexity index is 890. The molecule has 3 saturated carbocycles. The monoisotopic (exact) mass is 462 g/mol. The number of aliphatic hydroxyl groups is 2. The Morgan fingerprint density at radius 1 is 1.15 bits per heavy atom. The molecule has 7 unspecified atom stereocenters. The highest BCUT2D eigenvalue weighted by molar-refractivity contribution is 5.92. The molecule has 7 nitrogen and oxygen atoms in total. The Labute approximate surface area is 196 Å². The maximum absolute atomic E-state index is 13.2. The third kappa shape index (κ3) is 3.90.